The van der Waals surface area contributed by atoms with Gasteiger partial charge in [0.15, 0.2) is 5.69 Å². The molecule has 1 aliphatic carbocycles. The number of fused-ring (bicyclic) bond motifs is 3. The Kier molecular flexibility index (Phi) is 4.82. The molecule has 3 heterocycles. The van der Waals surface area contributed by atoms with E-state index in [2.05, 4.69) is 36.3 Å². The summed E-state index contributed by atoms with van der Waals surface area (Å²) >= 11 is 7.67. The normalized spacial score (nSPS) is 16.8. The molecule has 4 rings (SSSR count). The molecule has 0 fully saturated rings. The Morgan fingerprint density at radius 1 is 1.38 bits per heavy atom. The summed E-state index contributed by atoms with van der Waals surface area (Å²) < 4.78 is 2.66. The molecule has 3 aromatic rings. The Morgan fingerprint density at radius 2 is 2.10 bits per heavy atom. The van der Waals surface area contributed by atoms with Gasteiger partial charge in [-0.3, -0.25) is 19.7 Å². The molecule has 0 saturated heterocycles. The molecule has 1 unspecified atom stereocenters. The first-order valence-corrected chi connectivity index (χ1v) is 10.8. The second-order valence-electron chi connectivity index (χ2n) is 8.73. The quantitative estimate of drug-likeness (QED) is 0.668. The summed E-state index contributed by atoms with van der Waals surface area (Å²) in [5.74, 6) is 0.463. The van der Waals surface area contributed by atoms with Crippen LogP contribution in [0.1, 0.15) is 53.9 Å². The fourth-order valence-corrected chi connectivity index (χ4v) is 5.57. The van der Waals surface area contributed by atoms with Crippen LogP contribution in [0.4, 0.5) is 0 Å². The van der Waals surface area contributed by atoms with E-state index in [4.69, 9.17) is 11.6 Å². The third kappa shape index (κ3) is 3.48. The van der Waals surface area contributed by atoms with E-state index in [1.807, 2.05) is 0 Å². The van der Waals surface area contributed by atoms with Crippen LogP contribution < -0.4 is 11.0 Å². The van der Waals surface area contributed by atoms with Crippen LogP contribution in [0.2, 0.25) is 5.02 Å². The number of aryl methyl sites for hydroxylation is 3. The molecule has 1 N–H and O–H groups in total. The number of thiophene rings is 1. The summed E-state index contributed by atoms with van der Waals surface area (Å²) in [5, 5.41) is 4.91. The standard InChI is InChI=1S/C20H24ClN5O2S/c1-10-22-18-15(12-7-6-11(20(2,3)4)8-14(12)29-18)19(28)26(10)24-17(27)16-13(21)9-25(5)23-16/h9,11H,6-8H2,1-5H3,(H,24,27). The molecular formula is C20H24ClN5O2S. The first kappa shape index (κ1) is 20.1. The minimum atomic E-state index is -0.543. The van der Waals surface area contributed by atoms with E-state index in [0.717, 1.165) is 29.7 Å². The fourth-order valence-electron chi connectivity index (χ4n) is 3.97. The molecule has 9 heteroatoms. The number of hydrogen-bond acceptors (Lipinski definition) is 5. The predicted octanol–water partition coefficient (Wildman–Crippen LogP) is 3.69. The van der Waals surface area contributed by atoms with Crippen molar-refractivity contribution >= 4 is 39.1 Å². The van der Waals surface area contributed by atoms with Crippen molar-refractivity contribution in [2.45, 2.75) is 47.0 Å². The maximum atomic E-state index is 13.3. The van der Waals surface area contributed by atoms with Crippen molar-refractivity contribution in [3.05, 3.63) is 43.5 Å². The van der Waals surface area contributed by atoms with Gasteiger partial charge >= 0.3 is 0 Å². The van der Waals surface area contributed by atoms with Crippen molar-refractivity contribution in [2.75, 3.05) is 5.43 Å². The Balaban J connectivity index is 1.75. The van der Waals surface area contributed by atoms with Crippen LogP contribution in [0, 0.1) is 18.3 Å². The van der Waals surface area contributed by atoms with Gasteiger partial charge in [-0.2, -0.15) is 5.10 Å². The lowest BCUT2D eigenvalue weighted by Gasteiger charge is -2.33. The number of carbonyl (C=O) groups is 1. The summed E-state index contributed by atoms with van der Waals surface area (Å²) in [6.45, 7) is 8.51. The van der Waals surface area contributed by atoms with Crippen LogP contribution in [0.3, 0.4) is 0 Å². The second kappa shape index (κ2) is 6.95. The van der Waals surface area contributed by atoms with Crippen molar-refractivity contribution in [3.8, 4) is 0 Å². The summed E-state index contributed by atoms with van der Waals surface area (Å²) in [6.07, 6.45) is 4.41. The molecule has 0 aliphatic heterocycles. The lowest BCUT2D eigenvalue weighted by atomic mass is 9.72. The molecule has 1 atom stereocenters. The lowest BCUT2D eigenvalue weighted by molar-refractivity contribution is 0.100. The van der Waals surface area contributed by atoms with Gasteiger partial charge in [0.1, 0.15) is 10.7 Å². The van der Waals surface area contributed by atoms with E-state index in [1.165, 1.54) is 20.4 Å². The highest BCUT2D eigenvalue weighted by Crippen LogP contribution is 2.42. The lowest BCUT2D eigenvalue weighted by Crippen LogP contribution is -2.36. The minimum Gasteiger partial charge on any atom is -0.273 e. The smallest absolute Gasteiger partial charge is 0.273 e. The van der Waals surface area contributed by atoms with Gasteiger partial charge in [-0.15, -0.1) is 11.3 Å². The van der Waals surface area contributed by atoms with Gasteiger partial charge < -0.3 is 0 Å². The number of halogens is 1. The van der Waals surface area contributed by atoms with Crippen LogP contribution >= 0.6 is 22.9 Å². The first-order valence-electron chi connectivity index (χ1n) is 9.60. The number of nitrogens with one attached hydrogen (secondary N) is 1. The van der Waals surface area contributed by atoms with Gasteiger partial charge in [0, 0.05) is 18.1 Å². The van der Waals surface area contributed by atoms with Gasteiger partial charge in [0.25, 0.3) is 11.5 Å². The molecular weight excluding hydrogens is 410 g/mol. The van der Waals surface area contributed by atoms with E-state index < -0.39 is 5.91 Å². The SMILES string of the molecule is Cc1nc2sc3c(c2c(=O)n1NC(=O)c1nn(C)cc1Cl)CCC(C(C)(C)C)C3. The van der Waals surface area contributed by atoms with E-state index >= 15 is 0 Å². The van der Waals surface area contributed by atoms with Crippen LogP contribution in [-0.4, -0.2) is 25.3 Å². The second-order valence-corrected chi connectivity index (χ2v) is 10.2. The number of aromatic nitrogens is 4. The fraction of sp³-hybridized carbons (Fsp3) is 0.500. The molecule has 0 spiro atoms. The van der Waals surface area contributed by atoms with E-state index in [0.29, 0.717) is 17.1 Å². The summed E-state index contributed by atoms with van der Waals surface area (Å²) in [7, 11) is 1.68. The predicted molar refractivity (Wildman–Crippen MR) is 115 cm³/mol. The highest BCUT2D eigenvalue weighted by Gasteiger charge is 2.32. The number of nitrogens with zero attached hydrogens (tertiary/aromatic N) is 4. The molecule has 0 radical (unpaired) electrons. The van der Waals surface area contributed by atoms with Gasteiger partial charge in [0.2, 0.25) is 0 Å². The largest absolute Gasteiger partial charge is 0.292 e. The summed E-state index contributed by atoms with van der Waals surface area (Å²) in [5.41, 5.74) is 3.75. The van der Waals surface area contributed by atoms with Gasteiger partial charge in [-0.05, 0) is 43.1 Å². The average molecular weight is 434 g/mol. The first-order chi connectivity index (χ1) is 13.6. The molecule has 7 nitrogen and oxygen atoms in total. The molecule has 3 aromatic heterocycles. The van der Waals surface area contributed by atoms with Gasteiger partial charge in [-0.25, -0.2) is 9.66 Å². The Morgan fingerprint density at radius 3 is 2.72 bits per heavy atom. The maximum Gasteiger partial charge on any atom is 0.292 e. The van der Waals surface area contributed by atoms with Crippen LogP contribution in [0.5, 0.6) is 0 Å². The maximum absolute atomic E-state index is 13.3. The minimum absolute atomic E-state index is 0.0703. The van der Waals surface area contributed by atoms with Crippen LogP contribution in [-0.2, 0) is 19.9 Å². The monoisotopic (exact) mass is 433 g/mol. The summed E-state index contributed by atoms with van der Waals surface area (Å²) in [4.78, 5) is 32.5. The van der Waals surface area contributed by atoms with Crippen molar-refractivity contribution in [3.63, 3.8) is 0 Å². The van der Waals surface area contributed by atoms with E-state index in [1.54, 1.807) is 25.3 Å². The molecule has 0 aromatic carbocycles. The van der Waals surface area contributed by atoms with E-state index in [-0.39, 0.29) is 21.7 Å². The average Bonchev–Trinajstić information content (AvgIpc) is 3.15. The Bertz CT molecular complexity index is 1180. The molecule has 1 aliphatic rings. The highest BCUT2D eigenvalue weighted by molar-refractivity contribution is 7.18. The zero-order valence-electron chi connectivity index (χ0n) is 17.2. The zero-order valence-corrected chi connectivity index (χ0v) is 18.7. The van der Waals surface area contributed by atoms with Crippen molar-refractivity contribution < 1.29 is 4.79 Å². The molecule has 0 saturated carbocycles. The summed E-state index contributed by atoms with van der Waals surface area (Å²) in [6, 6.07) is 0. The number of rotatable bonds is 2. The van der Waals surface area contributed by atoms with Crippen LogP contribution in [0.25, 0.3) is 10.2 Å². The molecule has 29 heavy (non-hydrogen) atoms. The highest BCUT2D eigenvalue weighted by atomic mass is 35.5. The molecule has 1 amide bonds. The molecule has 154 valence electrons. The van der Waals surface area contributed by atoms with Crippen molar-refractivity contribution in [1.29, 1.82) is 0 Å². The third-order valence-corrected chi connectivity index (χ3v) is 7.11. The number of carbonyl (C=O) groups excluding carboxylic acids is 1. The number of amides is 1. The van der Waals surface area contributed by atoms with E-state index in [9.17, 15) is 9.59 Å². The van der Waals surface area contributed by atoms with Crippen molar-refractivity contribution in [2.24, 2.45) is 18.4 Å². The topological polar surface area (TPSA) is 81.8 Å². The van der Waals surface area contributed by atoms with Gasteiger partial charge in [0.05, 0.1) is 10.4 Å². The number of hydrogen-bond donors (Lipinski definition) is 1. The Labute approximate surface area is 177 Å². The van der Waals surface area contributed by atoms with Crippen molar-refractivity contribution in [1.82, 2.24) is 19.4 Å². The van der Waals surface area contributed by atoms with Gasteiger partial charge in [-0.1, -0.05) is 32.4 Å². The molecule has 0 bridgehead atoms. The Hall–Kier alpha value is -2.19. The third-order valence-electron chi connectivity index (χ3n) is 5.69. The zero-order chi connectivity index (χ0) is 21.1. The van der Waals surface area contributed by atoms with Crippen LogP contribution in [0.15, 0.2) is 11.0 Å².